The van der Waals surface area contributed by atoms with Crippen LogP contribution in [0.5, 0.6) is 0 Å². The summed E-state index contributed by atoms with van der Waals surface area (Å²) in [7, 11) is 0. The number of rotatable bonds is 15. The number of hydrogen-bond acceptors (Lipinski definition) is 21. The highest BCUT2D eigenvalue weighted by Crippen LogP contribution is 2.54. The van der Waals surface area contributed by atoms with E-state index in [-0.39, 0.29) is 213 Å². The molecule has 0 saturated carbocycles. The number of fused-ring (bicyclic) bond motifs is 3. The molecule has 0 spiro atoms. The zero-order chi connectivity index (χ0) is 101. The summed E-state index contributed by atoms with van der Waals surface area (Å²) in [5, 5.41) is 32.7. The Morgan fingerprint density at radius 1 is 0.377 bits per heavy atom. The van der Waals surface area contributed by atoms with E-state index in [1.807, 2.05) is 97.8 Å². The largest absolute Gasteiger partial charge is 0.397 e. The Balaban J connectivity index is 0.000000175. The number of nitrogens with two attached hydrogens (primary N) is 3. The molecule has 42 heteroatoms. The van der Waals surface area contributed by atoms with Crippen molar-refractivity contribution in [3.63, 3.8) is 0 Å². The van der Waals surface area contributed by atoms with Crippen molar-refractivity contribution >= 4 is 259 Å². The van der Waals surface area contributed by atoms with Gasteiger partial charge in [0.15, 0.2) is 0 Å². The van der Waals surface area contributed by atoms with Gasteiger partial charge in [0.2, 0.25) is 17.7 Å². The van der Waals surface area contributed by atoms with Crippen LogP contribution in [0.25, 0.3) is 83.9 Å². The van der Waals surface area contributed by atoms with Crippen LogP contribution in [0.4, 0.5) is 34.1 Å². The number of anilines is 6. The van der Waals surface area contributed by atoms with Crippen molar-refractivity contribution in [2.45, 2.75) is 119 Å². The smallest absolute Gasteiger partial charge is 0.276 e. The van der Waals surface area contributed by atoms with Crippen LogP contribution in [-0.4, -0.2) is 153 Å². The molecule has 15 rings (SSSR count). The topological polar surface area (TPSA) is 363 Å². The van der Waals surface area contributed by atoms with Crippen LogP contribution in [0.15, 0.2) is 107 Å². The Labute approximate surface area is 868 Å². The molecule has 3 aliphatic rings. The number of nitrogen functional groups attached to an aromatic ring is 3. The lowest BCUT2D eigenvalue weighted by Gasteiger charge is -2.41. The molecule has 12 aromatic rings. The second-order valence-electron chi connectivity index (χ2n) is 33.8. The molecule has 3 saturated heterocycles. The van der Waals surface area contributed by atoms with Gasteiger partial charge in [0, 0.05) is 128 Å². The van der Waals surface area contributed by atoms with Crippen LogP contribution in [0.2, 0.25) is 75.3 Å². The monoisotopic (exact) mass is 2150 g/mol. The van der Waals surface area contributed by atoms with E-state index in [2.05, 4.69) is 52.9 Å². The maximum Gasteiger partial charge on any atom is 0.276 e. The SMILES string of the molecule is C=CC(=O)N1CCN(c2c(C#N)c(=O)n(-c3c(C)ccnc3C(C)C)c3nc(-c4c(N)c(Cl)c(Cl)c(Cl)c4Cl)c(Cl)cc23)C[C@H]1C.C=CC(=O)N1CCN(c2c(C#N)c(=O)n(-c3c(C)ccnc3C(C)C)c3nc(-c4c(N)c(Cl)c(Cl)c(Cl)c4Cl)c(Cl)cc23)C[C@H]1C.C=CC(=O)N1CCN(c2c(C#N)c(=O)n(-c3c(C)ccnc3C(C)C)c3nc(-c4c(N)c(Cl)c(Cl)c(Cl)c4Cl)c(Cl)cc23)C[C@H]1C. The minimum atomic E-state index is -0.604. The highest BCUT2D eigenvalue weighted by atomic mass is 35.5. The predicted molar refractivity (Wildman–Crippen MR) is 561 cm³/mol. The van der Waals surface area contributed by atoms with E-state index in [0.29, 0.717) is 126 Å². The van der Waals surface area contributed by atoms with Crippen molar-refractivity contribution in [2.24, 2.45) is 0 Å². The molecule has 9 aromatic heterocycles. The average Bonchev–Trinajstić information content (AvgIpc) is 0.726. The molecular formula is C96H84Cl15N21O6. The normalized spacial score (nSPS) is 15.0. The molecule has 714 valence electrons. The van der Waals surface area contributed by atoms with E-state index in [4.69, 9.17) is 206 Å². The minimum Gasteiger partial charge on any atom is -0.397 e. The molecule has 3 fully saturated rings. The lowest BCUT2D eigenvalue weighted by molar-refractivity contribution is -0.129. The number of benzene rings is 3. The van der Waals surface area contributed by atoms with Crippen molar-refractivity contribution in [3.05, 3.63) is 250 Å². The van der Waals surface area contributed by atoms with Gasteiger partial charge in [-0.25, -0.2) is 15.0 Å². The number of carbonyl (C=O) groups excluding carboxylic acids is 3. The minimum absolute atomic E-state index is 0.00478. The summed E-state index contributed by atoms with van der Waals surface area (Å²) in [6, 6.07) is 15.9. The van der Waals surface area contributed by atoms with Gasteiger partial charge in [-0.1, -0.05) is 235 Å². The van der Waals surface area contributed by atoms with Gasteiger partial charge < -0.3 is 46.6 Å². The fourth-order valence-electron chi connectivity index (χ4n) is 17.6. The first kappa shape index (κ1) is 105. The van der Waals surface area contributed by atoms with Crippen LogP contribution >= 0.6 is 174 Å². The third-order valence-corrected chi connectivity index (χ3v) is 30.5. The van der Waals surface area contributed by atoms with E-state index >= 15 is 0 Å². The third kappa shape index (κ3) is 18.7. The number of piperazine rings is 3. The molecule has 27 nitrogen and oxygen atoms in total. The number of aryl methyl sites for hydroxylation is 3. The summed E-state index contributed by atoms with van der Waals surface area (Å²) in [6.45, 7) is 36.8. The molecule has 3 atom stereocenters. The number of amides is 3. The molecule has 0 bridgehead atoms. The Bertz CT molecular complexity index is 6770. The van der Waals surface area contributed by atoms with Crippen LogP contribution in [0.1, 0.15) is 131 Å². The standard InChI is InChI=1S/3C32H28Cl5N7O2/c3*1-6-20(45)43-10-9-42(13-16(43)5)30-17-11-19(33)28(21-22(34)23(35)24(36)25(37)26(21)39)41-31(17)44(32(46)18(30)12-38)29-15(4)7-8-40-27(29)14(2)3/h3*6-8,11,14,16H,1,9-10,13,39H2,2-5H3/t3*16-/m111/s1. The molecule has 0 aliphatic carbocycles. The van der Waals surface area contributed by atoms with Gasteiger partial charge in [-0.2, -0.15) is 15.8 Å². The summed E-state index contributed by atoms with van der Waals surface area (Å²) >= 11 is 98.1. The summed E-state index contributed by atoms with van der Waals surface area (Å²) in [6.07, 6.45) is 8.80. The molecule has 6 N–H and O–H groups in total. The van der Waals surface area contributed by atoms with Gasteiger partial charge >= 0.3 is 0 Å². The molecule has 12 heterocycles. The number of hydrogen-bond donors (Lipinski definition) is 3. The van der Waals surface area contributed by atoms with E-state index in [9.17, 15) is 44.6 Å². The third-order valence-electron chi connectivity index (χ3n) is 24.2. The summed E-state index contributed by atoms with van der Waals surface area (Å²) in [4.78, 5) is 120. The second kappa shape index (κ2) is 42.1. The molecular weight excluding hydrogens is 2070 g/mol. The van der Waals surface area contributed by atoms with Gasteiger partial charge in [-0.3, -0.25) is 57.4 Å². The highest BCUT2D eigenvalue weighted by Gasteiger charge is 2.39. The first-order valence-electron chi connectivity index (χ1n) is 42.6. The van der Waals surface area contributed by atoms with Crippen LogP contribution in [0, 0.1) is 54.8 Å². The first-order chi connectivity index (χ1) is 65.2. The van der Waals surface area contributed by atoms with E-state index in [1.54, 1.807) is 69.7 Å². The van der Waals surface area contributed by atoms with Gasteiger partial charge in [0.25, 0.3) is 16.7 Å². The van der Waals surface area contributed by atoms with E-state index in [1.165, 1.54) is 31.9 Å². The maximum atomic E-state index is 14.5. The van der Waals surface area contributed by atoms with Gasteiger partial charge in [0.1, 0.15) is 51.8 Å². The lowest BCUT2D eigenvalue weighted by Crippen LogP contribution is -2.54. The van der Waals surface area contributed by atoms with Crippen molar-refractivity contribution in [1.82, 2.24) is 58.3 Å². The highest BCUT2D eigenvalue weighted by molar-refractivity contribution is 6.57. The number of aromatic nitrogens is 9. The fourth-order valence-corrected chi connectivity index (χ4v) is 21.2. The number of halogens is 15. The van der Waals surface area contributed by atoms with Crippen LogP contribution < -0.4 is 48.6 Å². The van der Waals surface area contributed by atoms with Crippen LogP contribution in [0.3, 0.4) is 0 Å². The second-order valence-corrected chi connectivity index (χ2v) is 39.5. The van der Waals surface area contributed by atoms with Gasteiger partial charge in [-0.05, 0) is 131 Å². The fraction of sp³-hybridized carbons (Fsp3) is 0.281. The molecule has 3 aromatic carbocycles. The number of carbonyl (C=O) groups is 3. The van der Waals surface area contributed by atoms with Crippen molar-refractivity contribution in [2.75, 3.05) is 90.8 Å². The zero-order valence-electron chi connectivity index (χ0n) is 75.8. The quantitative estimate of drug-likeness (QED) is 0.0371. The zero-order valence-corrected chi connectivity index (χ0v) is 87.1. The summed E-state index contributed by atoms with van der Waals surface area (Å²) in [5.41, 5.74) is 24.8. The Morgan fingerprint density at radius 2 is 0.601 bits per heavy atom. The summed E-state index contributed by atoms with van der Waals surface area (Å²) in [5.74, 6) is -0.890. The Kier molecular flexibility index (Phi) is 32.0. The number of nitriles is 3. The number of nitrogens with zero attached hydrogens (tertiary/aromatic N) is 18. The van der Waals surface area contributed by atoms with Crippen molar-refractivity contribution < 1.29 is 14.4 Å². The van der Waals surface area contributed by atoms with E-state index < -0.39 is 16.7 Å². The first-order valence-corrected chi connectivity index (χ1v) is 48.3. The maximum absolute atomic E-state index is 14.5. The van der Waals surface area contributed by atoms with E-state index in [0.717, 1.165) is 16.7 Å². The summed E-state index contributed by atoms with van der Waals surface area (Å²) < 4.78 is 4.16. The lowest BCUT2D eigenvalue weighted by atomic mass is 10.0. The molecule has 138 heavy (non-hydrogen) atoms. The number of pyridine rings is 9. The van der Waals surface area contributed by atoms with Gasteiger partial charge in [0.05, 0.1) is 161 Å². The Morgan fingerprint density at radius 3 is 0.804 bits per heavy atom. The molecule has 0 radical (unpaired) electrons. The average molecular weight is 2160 g/mol. The molecule has 0 unspecified atom stereocenters. The Hall–Kier alpha value is -10.6. The molecule has 3 aliphatic heterocycles. The molecule has 3 amide bonds. The van der Waals surface area contributed by atoms with Crippen LogP contribution in [-0.2, 0) is 14.4 Å². The predicted octanol–water partition coefficient (Wildman–Crippen LogP) is 23.5. The van der Waals surface area contributed by atoms with Crippen molar-refractivity contribution in [1.29, 1.82) is 15.8 Å². The van der Waals surface area contributed by atoms with Crippen molar-refractivity contribution in [3.8, 4) is 69.0 Å². The van der Waals surface area contributed by atoms with Gasteiger partial charge in [-0.15, -0.1) is 0 Å².